The number of piperidine rings is 1. The predicted octanol–water partition coefficient (Wildman–Crippen LogP) is -0.239. The van der Waals surface area contributed by atoms with Crippen LogP contribution in [0.15, 0.2) is 6.20 Å². The maximum Gasteiger partial charge on any atom is 0.225 e. The van der Waals surface area contributed by atoms with Gasteiger partial charge in [0.05, 0.1) is 18.8 Å². The van der Waals surface area contributed by atoms with E-state index in [0.29, 0.717) is 31.0 Å². The van der Waals surface area contributed by atoms with E-state index in [1.807, 2.05) is 11.1 Å². The predicted molar refractivity (Wildman–Crippen MR) is 76.3 cm³/mol. The van der Waals surface area contributed by atoms with Crippen molar-refractivity contribution in [3.63, 3.8) is 0 Å². The van der Waals surface area contributed by atoms with Crippen LogP contribution in [0.2, 0.25) is 0 Å². The number of aliphatic hydroxyl groups is 1. The molecule has 7 nitrogen and oxygen atoms in total. The van der Waals surface area contributed by atoms with Crippen molar-refractivity contribution in [2.45, 2.75) is 44.8 Å². The average Bonchev–Trinajstić information content (AvgIpc) is 3.26. The van der Waals surface area contributed by atoms with Gasteiger partial charge in [0.1, 0.15) is 0 Å². The topological polar surface area (TPSA) is 83.3 Å². The summed E-state index contributed by atoms with van der Waals surface area (Å²) >= 11 is 0. The molecule has 1 aromatic heterocycles. The number of hydrogen-bond donors (Lipinski definition) is 2. The molecule has 2 heterocycles. The molecule has 116 valence electrons. The molecular formula is C14H23N5O2. The number of nitrogens with zero attached hydrogens (tertiary/aromatic N) is 4. The summed E-state index contributed by atoms with van der Waals surface area (Å²) in [4.78, 5) is 14.0. The van der Waals surface area contributed by atoms with Crippen LogP contribution in [-0.2, 0) is 17.9 Å². The zero-order valence-electron chi connectivity index (χ0n) is 12.2. The summed E-state index contributed by atoms with van der Waals surface area (Å²) in [6.07, 6.45) is 6.03. The van der Waals surface area contributed by atoms with Crippen LogP contribution in [-0.4, -0.2) is 56.6 Å². The second kappa shape index (κ2) is 6.53. The number of aliphatic hydroxyl groups excluding tert-OH is 1. The van der Waals surface area contributed by atoms with Crippen molar-refractivity contribution in [2.75, 3.05) is 19.7 Å². The van der Waals surface area contributed by atoms with Gasteiger partial charge in [-0.25, -0.2) is 4.68 Å². The Morgan fingerprint density at radius 2 is 2.10 bits per heavy atom. The molecular weight excluding hydrogens is 270 g/mol. The van der Waals surface area contributed by atoms with Gasteiger partial charge in [-0.3, -0.25) is 4.79 Å². The van der Waals surface area contributed by atoms with Crippen LogP contribution in [0.25, 0.3) is 0 Å². The van der Waals surface area contributed by atoms with Crippen molar-refractivity contribution in [3.05, 3.63) is 11.9 Å². The highest BCUT2D eigenvalue weighted by molar-refractivity contribution is 5.81. The molecule has 1 saturated carbocycles. The minimum absolute atomic E-state index is 0.0731. The van der Waals surface area contributed by atoms with Crippen molar-refractivity contribution < 1.29 is 9.90 Å². The van der Waals surface area contributed by atoms with Gasteiger partial charge in [0.25, 0.3) is 0 Å². The molecule has 2 aliphatic rings. The first-order valence-corrected chi connectivity index (χ1v) is 7.78. The minimum atomic E-state index is 0.0731. The van der Waals surface area contributed by atoms with Gasteiger partial charge in [-0.05, 0) is 25.7 Å². The van der Waals surface area contributed by atoms with Crippen LogP contribution in [0.4, 0.5) is 0 Å². The molecule has 0 radical (unpaired) electrons. The van der Waals surface area contributed by atoms with Gasteiger partial charge >= 0.3 is 0 Å². The molecule has 0 unspecified atom stereocenters. The normalized spacial score (nSPS) is 20.0. The number of nitrogens with one attached hydrogen (secondary N) is 1. The van der Waals surface area contributed by atoms with Gasteiger partial charge in [0.2, 0.25) is 5.91 Å². The summed E-state index contributed by atoms with van der Waals surface area (Å²) in [7, 11) is 0. The largest absolute Gasteiger partial charge is 0.394 e. The fourth-order valence-corrected chi connectivity index (χ4v) is 2.77. The van der Waals surface area contributed by atoms with Gasteiger partial charge in [0.15, 0.2) is 0 Å². The molecule has 1 saturated heterocycles. The average molecular weight is 293 g/mol. The Labute approximate surface area is 124 Å². The number of likely N-dealkylation sites (tertiary alicyclic amines) is 1. The first-order valence-electron chi connectivity index (χ1n) is 7.78. The molecule has 1 aromatic rings. The van der Waals surface area contributed by atoms with E-state index in [1.54, 1.807) is 4.68 Å². The summed E-state index contributed by atoms with van der Waals surface area (Å²) in [5, 5.41) is 20.3. The highest BCUT2D eigenvalue weighted by Crippen LogP contribution is 2.31. The minimum Gasteiger partial charge on any atom is -0.394 e. The first kappa shape index (κ1) is 14.5. The van der Waals surface area contributed by atoms with E-state index in [4.69, 9.17) is 5.11 Å². The maximum atomic E-state index is 12.0. The monoisotopic (exact) mass is 293 g/mol. The molecule has 0 bridgehead atoms. The number of aromatic nitrogens is 3. The molecule has 2 fully saturated rings. The lowest BCUT2D eigenvalue weighted by molar-refractivity contribution is -0.133. The fourth-order valence-electron chi connectivity index (χ4n) is 2.77. The highest BCUT2D eigenvalue weighted by atomic mass is 16.3. The van der Waals surface area contributed by atoms with Crippen LogP contribution in [0.5, 0.6) is 0 Å². The Kier molecular flexibility index (Phi) is 4.50. The van der Waals surface area contributed by atoms with Gasteiger partial charge in [-0.1, -0.05) is 5.21 Å². The summed E-state index contributed by atoms with van der Waals surface area (Å²) in [6, 6.07) is 0.441. The number of rotatable bonds is 6. The van der Waals surface area contributed by atoms with Crippen LogP contribution < -0.4 is 5.32 Å². The van der Waals surface area contributed by atoms with E-state index in [0.717, 1.165) is 44.5 Å². The third-order valence-corrected chi connectivity index (χ3v) is 4.22. The molecule has 21 heavy (non-hydrogen) atoms. The van der Waals surface area contributed by atoms with Gasteiger partial charge < -0.3 is 15.3 Å². The van der Waals surface area contributed by atoms with E-state index in [9.17, 15) is 4.79 Å². The van der Waals surface area contributed by atoms with Gasteiger partial charge in [0, 0.05) is 37.8 Å². The molecule has 1 aliphatic heterocycles. The summed E-state index contributed by atoms with van der Waals surface area (Å²) in [6.45, 7) is 2.97. The summed E-state index contributed by atoms with van der Waals surface area (Å²) in [5.74, 6) is 0.691. The molecule has 7 heteroatoms. The van der Waals surface area contributed by atoms with Crippen LogP contribution in [0.3, 0.4) is 0 Å². The SMILES string of the molecule is O=C(C1CC1)N1CCC(NCc2cn(CCO)nn2)CC1. The van der Waals surface area contributed by atoms with Crippen LogP contribution in [0, 0.1) is 5.92 Å². The molecule has 0 spiro atoms. The standard InChI is InChI=1S/C14H23N5O2/c20-8-7-19-10-13(16-17-19)9-15-12-3-5-18(6-4-12)14(21)11-1-2-11/h10-12,15,20H,1-9H2. The smallest absolute Gasteiger partial charge is 0.225 e. The van der Waals surface area contributed by atoms with E-state index in [-0.39, 0.29) is 6.61 Å². The third kappa shape index (κ3) is 3.79. The molecule has 1 aliphatic carbocycles. The van der Waals surface area contributed by atoms with Crippen molar-refractivity contribution in [1.29, 1.82) is 0 Å². The Morgan fingerprint density at radius 3 is 2.76 bits per heavy atom. The van der Waals surface area contributed by atoms with Crippen LogP contribution in [0.1, 0.15) is 31.4 Å². The zero-order valence-corrected chi connectivity index (χ0v) is 12.2. The molecule has 3 rings (SSSR count). The maximum absolute atomic E-state index is 12.0. The second-order valence-corrected chi connectivity index (χ2v) is 5.95. The van der Waals surface area contributed by atoms with E-state index in [1.165, 1.54) is 0 Å². The summed E-state index contributed by atoms with van der Waals surface area (Å²) in [5.41, 5.74) is 0.889. The number of amides is 1. The number of hydrogen-bond acceptors (Lipinski definition) is 5. The third-order valence-electron chi connectivity index (χ3n) is 4.22. The van der Waals surface area contributed by atoms with E-state index < -0.39 is 0 Å². The Balaban J connectivity index is 1.39. The quantitative estimate of drug-likeness (QED) is 0.756. The lowest BCUT2D eigenvalue weighted by Gasteiger charge is -2.32. The number of carbonyl (C=O) groups is 1. The number of carbonyl (C=O) groups excluding carboxylic acids is 1. The van der Waals surface area contributed by atoms with Crippen molar-refractivity contribution >= 4 is 5.91 Å². The Morgan fingerprint density at radius 1 is 1.33 bits per heavy atom. The molecule has 1 amide bonds. The van der Waals surface area contributed by atoms with Crippen molar-refractivity contribution in [2.24, 2.45) is 5.92 Å². The van der Waals surface area contributed by atoms with E-state index in [2.05, 4.69) is 15.6 Å². The zero-order chi connectivity index (χ0) is 14.7. The van der Waals surface area contributed by atoms with Crippen molar-refractivity contribution in [1.82, 2.24) is 25.2 Å². The fraction of sp³-hybridized carbons (Fsp3) is 0.786. The van der Waals surface area contributed by atoms with Crippen molar-refractivity contribution in [3.8, 4) is 0 Å². The molecule has 0 atom stereocenters. The Bertz CT molecular complexity index is 477. The molecule has 0 aromatic carbocycles. The van der Waals surface area contributed by atoms with Crippen LogP contribution >= 0.6 is 0 Å². The lowest BCUT2D eigenvalue weighted by atomic mass is 10.0. The van der Waals surface area contributed by atoms with Gasteiger partial charge in [-0.15, -0.1) is 5.10 Å². The summed E-state index contributed by atoms with van der Waals surface area (Å²) < 4.78 is 1.65. The second-order valence-electron chi connectivity index (χ2n) is 5.95. The first-order chi connectivity index (χ1) is 10.3. The Hall–Kier alpha value is -1.47. The molecule has 2 N–H and O–H groups in total. The lowest BCUT2D eigenvalue weighted by Crippen LogP contribution is -2.45. The van der Waals surface area contributed by atoms with Gasteiger partial charge in [-0.2, -0.15) is 0 Å². The van der Waals surface area contributed by atoms with E-state index >= 15 is 0 Å². The highest BCUT2D eigenvalue weighted by Gasteiger charge is 2.34.